The Bertz CT molecular complexity index is 6.90. The van der Waals surface area contributed by atoms with E-state index in [4.69, 9.17) is 0 Å². The van der Waals surface area contributed by atoms with Crippen molar-refractivity contribution in [3.8, 4) is 0 Å². The number of halogens is 3. The minimum absolute atomic E-state index is 0. The molecule has 56 valence electrons. The molecule has 0 aromatic rings. The maximum absolute atomic E-state index is 0. The Morgan fingerprint density at radius 3 is 0.286 bits per heavy atom. The largest absolute Gasteiger partial charge is 0.412 e. The van der Waals surface area contributed by atoms with Crippen LogP contribution in [0.5, 0.6) is 0 Å². The van der Waals surface area contributed by atoms with Crippen LogP contribution >= 0.6 is 37.2 Å². The van der Waals surface area contributed by atoms with Crippen molar-refractivity contribution in [3.05, 3.63) is 0 Å². The second kappa shape index (κ2) is 434. The van der Waals surface area contributed by atoms with Crippen molar-refractivity contribution in [1.29, 1.82) is 0 Å². The molecule has 0 heterocycles. The first-order chi connectivity index (χ1) is 0. The van der Waals surface area contributed by atoms with Gasteiger partial charge in [-0.1, -0.05) is 0 Å². The highest BCUT2D eigenvalue weighted by Gasteiger charge is -0.145. The van der Waals surface area contributed by atoms with Gasteiger partial charge >= 0.3 is 0 Å². The minimum Gasteiger partial charge on any atom is -0.412 e. The Hall–Kier alpha value is 0.710. The van der Waals surface area contributed by atoms with Crippen LogP contribution in [0.4, 0.5) is 0 Å². The summed E-state index contributed by atoms with van der Waals surface area (Å²) in [5, 5.41) is 0. The fourth-order valence-electron chi connectivity index (χ4n) is 0. The lowest BCUT2D eigenvalue weighted by Gasteiger charge is -0.413. The van der Waals surface area contributed by atoms with Crippen LogP contribution in [0.25, 0.3) is 0 Å². The van der Waals surface area contributed by atoms with Gasteiger partial charge in [0.05, 0.1) is 0 Å². The molecule has 0 aliphatic rings. The zero-order valence-corrected chi connectivity index (χ0v) is 5.67. The monoisotopic (exact) mass is 180 g/mol. The first-order valence-corrected chi connectivity index (χ1v) is 0. The van der Waals surface area contributed by atoms with Gasteiger partial charge in [-0.25, -0.2) is 0 Å². The predicted octanol–water partition coefficient (Wildman–Crippen LogP) is -2.03. The molecule has 0 aliphatic carbocycles. The summed E-state index contributed by atoms with van der Waals surface area (Å²) in [4.78, 5) is 0. The third-order valence-corrected chi connectivity index (χ3v) is 0. The Balaban J connectivity index is 0. The predicted molar refractivity (Wildman–Crippen MR) is 36.2 cm³/mol. The molecule has 7 heavy (non-hydrogen) atoms. The fourth-order valence-corrected chi connectivity index (χ4v) is 0. The second-order valence-electron chi connectivity index (χ2n) is 0. The topological polar surface area (TPSA) is 126 Å². The van der Waals surface area contributed by atoms with Gasteiger partial charge in [0.15, 0.2) is 0 Å². The Morgan fingerprint density at radius 1 is 0.286 bits per heavy atom. The maximum Gasteiger partial charge on any atom is -0.147 e. The summed E-state index contributed by atoms with van der Waals surface area (Å²) < 4.78 is 0. The lowest BCUT2D eigenvalue weighted by Crippen LogP contribution is -0.290. The molecule has 4 nitrogen and oxygen atoms in total. The molecule has 7 heteroatoms. The summed E-state index contributed by atoms with van der Waals surface area (Å²) in [7, 11) is 0. The molecule has 0 rings (SSSR count). The van der Waals surface area contributed by atoms with Crippen LogP contribution in [0.15, 0.2) is 0 Å². The van der Waals surface area contributed by atoms with Crippen molar-refractivity contribution < 1.29 is 21.9 Å². The average molecular weight is 181 g/mol. The van der Waals surface area contributed by atoms with Gasteiger partial charge in [-0.05, 0) is 0 Å². The van der Waals surface area contributed by atoms with E-state index in [0.29, 0.717) is 0 Å². The van der Waals surface area contributed by atoms with Crippen molar-refractivity contribution in [2.24, 2.45) is 0 Å². The van der Waals surface area contributed by atoms with Crippen LogP contribution < -0.4 is 0 Å². The SMILES string of the molecule is Cl.Cl.Cl.O.O.O.O. The Kier molecular flexibility index (Phi) is 42700. The van der Waals surface area contributed by atoms with Gasteiger partial charge in [-0.15, -0.1) is 37.2 Å². The van der Waals surface area contributed by atoms with Gasteiger partial charge in [0.1, 0.15) is 0 Å². The molecule has 0 spiro atoms. The molecule has 8 N–H and O–H groups in total. The van der Waals surface area contributed by atoms with Crippen LogP contribution in [-0.2, 0) is 0 Å². The molecule has 0 aromatic heterocycles. The van der Waals surface area contributed by atoms with Crippen LogP contribution in [0.3, 0.4) is 0 Å². The summed E-state index contributed by atoms with van der Waals surface area (Å²) >= 11 is 0. The Labute approximate surface area is 59.8 Å². The van der Waals surface area contributed by atoms with Gasteiger partial charge in [-0.2, -0.15) is 0 Å². The molecule has 0 atom stereocenters. The van der Waals surface area contributed by atoms with E-state index in [2.05, 4.69) is 0 Å². The van der Waals surface area contributed by atoms with Crippen molar-refractivity contribution >= 4 is 37.2 Å². The molecular weight excluding hydrogens is 170 g/mol. The Morgan fingerprint density at radius 2 is 0.286 bits per heavy atom. The highest BCUT2D eigenvalue weighted by atomic mass is 35.5. The fraction of sp³-hybridized carbons (Fsp3) is 0. The quantitative estimate of drug-likeness (QED) is 0.408. The second-order valence-corrected chi connectivity index (χ2v) is 0. The summed E-state index contributed by atoms with van der Waals surface area (Å²) in [6.07, 6.45) is 0. The van der Waals surface area contributed by atoms with Gasteiger partial charge in [0.2, 0.25) is 0 Å². The van der Waals surface area contributed by atoms with E-state index in [1.54, 1.807) is 0 Å². The molecule has 0 aliphatic heterocycles. The zero-order valence-electron chi connectivity index (χ0n) is 3.22. The van der Waals surface area contributed by atoms with E-state index >= 15 is 0 Å². The molecule has 0 bridgehead atoms. The van der Waals surface area contributed by atoms with E-state index in [-0.39, 0.29) is 59.1 Å². The summed E-state index contributed by atoms with van der Waals surface area (Å²) in [5.74, 6) is 0. The van der Waals surface area contributed by atoms with Gasteiger partial charge < -0.3 is 21.9 Å². The molecule has 0 amide bonds. The van der Waals surface area contributed by atoms with E-state index < -0.39 is 0 Å². The van der Waals surface area contributed by atoms with Crippen LogP contribution in [0.2, 0.25) is 0 Å². The zero-order chi connectivity index (χ0) is 0. The average Bonchev–Trinajstić information content (AvgIpc) is 0. The molecule has 0 unspecified atom stereocenters. The molecule has 0 saturated heterocycles. The minimum atomic E-state index is 0. The molecule has 0 aromatic carbocycles. The molecular formula is H11Cl3O4. The van der Waals surface area contributed by atoms with E-state index in [1.165, 1.54) is 0 Å². The number of rotatable bonds is 0. The smallest absolute Gasteiger partial charge is 0.147 e. The van der Waals surface area contributed by atoms with Crippen LogP contribution in [-0.4, -0.2) is 21.9 Å². The highest BCUT2D eigenvalue weighted by Crippen LogP contribution is 0.692. The van der Waals surface area contributed by atoms with Gasteiger partial charge in [-0.3, -0.25) is 0 Å². The maximum atomic E-state index is 0. The standard InChI is InChI=1S/3ClH.4H2O/h3*1H;4*1H2. The van der Waals surface area contributed by atoms with Gasteiger partial charge in [0.25, 0.3) is 0 Å². The van der Waals surface area contributed by atoms with Crippen LogP contribution in [0, 0.1) is 0 Å². The lowest BCUT2D eigenvalue weighted by molar-refractivity contribution is 0.823. The molecule has 0 radical (unpaired) electrons. The number of hydrogen-bond donors (Lipinski definition) is 0. The summed E-state index contributed by atoms with van der Waals surface area (Å²) in [6.45, 7) is 0. The first kappa shape index (κ1) is 689. The highest BCUT2D eigenvalue weighted by molar-refractivity contribution is 5.86. The van der Waals surface area contributed by atoms with Crippen molar-refractivity contribution in [1.82, 2.24) is 0 Å². The first-order valence-electron chi connectivity index (χ1n) is 0. The number of hydrogen-bond acceptors (Lipinski definition) is 0. The van der Waals surface area contributed by atoms with Gasteiger partial charge in [0, 0.05) is 0 Å². The van der Waals surface area contributed by atoms with Crippen molar-refractivity contribution in [3.63, 3.8) is 0 Å². The third kappa shape index (κ3) is 295. The lowest BCUT2D eigenvalue weighted by atomic mass is 16.0. The third-order valence-electron chi connectivity index (χ3n) is 0. The normalized spacial score (nSPS) is 0. The van der Waals surface area contributed by atoms with E-state index in [9.17, 15) is 0 Å². The van der Waals surface area contributed by atoms with Crippen molar-refractivity contribution in [2.75, 3.05) is 0 Å². The molecule has 0 fully saturated rings. The van der Waals surface area contributed by atoms with Crippen LogP contribution in [0.1, 0.15) is 0 Å². The van der Waals surface area contributed by atoms with E-state index in [1.807, 2.05) is 0 Å². The molecule has 0 saturated carbocycles. The summed E-state index contributed by atoms with van der Waals surface area (Å²) in [6, 6.07) is 0. The summed E-state index contributed by atoms with van der Waals surface area (Å²) in [5.41, 5.74) is 0. The van der Waals surface area contributed by atoms with E-state index in [0.717, 1.165) is 0 Å². The van der Waals surface area contributed by atoms with Crippen molar-refractivity contribution in [2.45, 2.75) is 0 Å².